The van der Waals surface area contributed by atoms with Crippen LogP contribution in [0.1, 0.15) is 28.8 Å². The van der Waals surface area contributed by atoms with E-state index in [1.807, 2.05) is 36.1 Å². The second kappa shape index (κ2) is 6.11. The third-order valence-electron chi connectivity index (χ3n) is 4.69. The minimum Gasteiger partial charge on any atom is -0.323 e. The van der Waals surface area contributed by atoms with E-state index in [-0.39, 0.29) is 10.8 Å². The first-order valence-electron chi connectivity index (χ1n) is 7.80. The second-order valence-electron chi connectivity index (χ2n) is 6.28. The van der Waals surface area contributed by atoms with Gasteiger partial charge in [0.1, 0.15) is 0 Å². The molecule has 2 aliphatic heterocycles. The summed E-state index contributed by atoms with van der Waals surface area (Å²) in [7, 11) is -3.15. The monoisotopic (exact) mass is 354 g/mol. The molecule has 126 valence electrons. The van der Waals surface area contributed by atoms with E-state index in [1.165, 1.54) is 10.6 Å². The zero-order valence-electron chi connectivity index (χ0n) is 13.5. The second-order valence-corrected chi connectivity index (χ2v) is 9.72. The van der Waals surface area contributed by atoms with Crippen LogP contribution < -0.4 is 0 Å². The van der Waals surface area contributed by atoms with Gasteiger partial charge in [0.15, 0.2) is 0 Å². The quantitative estimate of drug-likeness (QED) is 0.814. The van der Waals surface area contributed by atoms with E-state index in [0.717, 1.165) is 17.9 Å². The van der Waals surface area contributed by atoms with E-state index in [4.69, 9.17) is 0 Å². The van der Waals surface area contributed by atoms with Crippen molar-refractivity contribution in [3.8, 4) is 0 Å². The Balaban J connectivity index is 1.78. The first-order chi connectivity index (χ1) is 10.8. The van der Waals surface area contributed by atoms with Crippen LogP contribution in [0.2, 0.25) is 0 Å². The molecule has 7 heteroatoms. The molecule has 1 amide bonds. The van der Waals surface area contributed by atoms with Gasteiger partial charge in [0, 0.05) is 31.0 Å². The highest BCUT2D eigenvalue weighted by Gasteiger charge is 2.47. The van der Waals surface area contributed by atoms with Crippen molar-refractivity contribution >= 4 is 27.7 Å². The molecule has 23 heavy (non-hydrogen) atoms. The standard InChI is InChI=1S/C16H22N2O3S2/c1-13-3-5-14(6-4-13)15(19)18-11-12-22-16(18)7-9-17(10-8-16)23(2,20)21/h3-6H,7-12H2,1-2H3. The van der Waals surface area contributed by atoms with Crippen molar-refractivity contribution in [2.75, 3.05) is 31.6 Å². The molecule has 2 heterocycles. The zero-order valence-corrected chi connectivity index (χ0v) is 15.1. The van der Waals surface area contributed by atoms with E-state index in [1.54, 1.807) is 11.8 Å². The van der Waals surface area contributed by atoms with Crippen LogP contribution in [0.15, 0.2) is 24.3 Å². The highest BCUT2D eigenvalue weighted by molar-refractivity contribution is 8.00. The molecule has 0 unspecified atom stereocenters. The summed E-state index contributed by atoms with van der Waals surface area (Å²) in [6.45, 7) is 3.71. The Bertz CT molecular complexity index is 693. The zero-order chi connectivity index (χ0) is 16.7. The Morgan fingerprint density at radius 3 is 2.30 bits per heavy atom. The molecule has 0 N–H and O–H groups in total. The molecule has 1 aromatic rings. The topological polar surface area (TPSA) is 57.7 Å². The number of hydrogen-bond acceptors (Lipinski definition) is 4. The van der Waals surface area contributed by atoms with E-state index in [0.29, 0.717) is 31.5 Å². The van der Waals surface area contributed by atoms with Crippen LogP contribution in [0.3, 0.4) is 0 Å². The molecule has 0 atom stereocenters. The number of benzene rings is 1. The molecule has 0 aliphatic carbocycles. The predicted molar refractivity (Wildman–Crippen MR) is 93.1 cm³/mol. The molecule has 2 aliphatic rings. The van der Waals surface area contributed by atoms with Crippen LogP contribution in [0.25, 0.3) is 0 Å². The number of aryl methyl sites for hydroxylation is 1. The summed E-state index contributed by atoms with van der Waals surface area (Å²) in [6, 6.07) is 7.66. The molecular formula is C16H22N2O3S2. The van der Waals surface area contributed by atoms with Crippen LogP contribution in [0.5, 0.6) is 0 Å². The summed E-state index contributed by atoms with van der Waals surface area (Å²) in [5, 5.41) is 0. The summed E-state index contributed by atoms with van der Waals surface area (Å²) in [5.41, 5.74) is 1.84. The molecular weight excluding hydrogens is 332 g/mol. The highest BCUT2D eigenvalue weighted by atomic mass is 32.2. The summed E-state index contributed by atoms with van der Waals surface area (Å²) in [6.07, 6.45) is 2.65. The van der Waals surface area contributed by atoms with Crippen LogP contribution in [-0.4, -0.2) is 60.0 Å². The summed E-state index contributed by atoms with van der Waals surface area (Å²) in [4.78, 5) is 14.6. The lowest BCUT2D eigenvalue weighted by Crippen LogP contribution is -2.53. The normalized spacial score (nSPS) is 21.7. The van der Waals surface area contributed by atoms with Gasteiger partial charge in [0.25, 0.3) is 5.91 Å². The van der Waals surface area contributed by atoms with Crippen molar-refractivity contribution in [1.29, 1.82) is 0 Å². The number of carbonyl (C=O) groups is 1. The lowest BCUT2D eigenvalue weighted by atomic mass is 10.0. The van der Waals surface area contributed by atoms with Crippen LogP contribution in [-0.2, 0) is 10.0 Å². The van der Waals surface area contributed by atoms with Crippen LogP contribution in [0.4, 0.5) is 0 Å². The van der Waals surface area contributed by atoms with Gasteiger partial charge in [-0.25, -0.2) is 12.7 Å². The van der Waals surface area contributed by atoms with E-state index < -0.39 is 10.0 Å². The Morgan fingerprint density at radius 1 is 1.13 bits per heavy atom. The molecule has 0 bridgehead atoms. The van der Waals surface area contributed by atoms with E-state index >= 15 is 0 Å². The maximum atomic E-state index is 12.9. The number of hydrogen-bond donors (Lipinski definition) is 0. The minimum atomic E-state index is -3.15. The number of nitrogens with zero attached hydrogens (tertiary/aromatic N) is 2. The van der Waals surface area contributed by atoms with Gasteiger partial charge in [-0.2, -0.15) is 0 Å². The van der Waals surface area contributed by atoms with Gasteiger partial charge in [0.05, 0.1) is 11.1 Å². The largest absolute Gasteiger partial charge is 0.323 e. The molecule has 5 nitrogen and oxygen atoms in total. The number of carbonyl (C=O) groups excluding carboxylic acids is 1. The molecule has 0 aromatic heterocycles. The molecule has 1 spiro atoms. The Labute approximate surface area is 142 Å². The maximum Gasteiger partial charge on any atom is 0.254 e. The number of amides is 1. The fourth-order valence-electron chi connectivity index (χ4n) is 3.33. The predicted octanol–water partition coefficient (Wildman–Crippen LogP) is 1.94. The highest BCUT2D eigenvalue weighted by Crippen LogP contribution is 2.44. The number of piperidine rings is 1. The first kappa shape index (κ1) is 16.8. The molecule has 0 saturated carbocycles. The smallest absolute Gasteiger partial charge is 0.254 e. The molecule has 0 radical (unpaired) electrons. The van der Waals surface area contributed by atoms with Crippen LogP contribution >= 0.6 is 11.8 Å². The van der Waals surface area contributed by atoms with E-state index in [2.05, 4.69) is 0 Å². The van der Waals surface area contributed by atoms with Gasteiger partial charge in [-0.1, -0.05) is 17.7 Å². The number of thioether (sulfide) groups is 1. The molecule has 1 aromatic carbocycles. The summed E-state index contributed by atoms with van der Waals surface area (Å²) >= 11 is 1.80. The minimum absolute atomic E-state index is 0.0582. The van der Waals surface area contributed by atoms with Crippen LogP contribution in [0, 0.1) is 6.92 Å². The summed E-state index contributed by atoms with van der Waals surface area (Å²) < 4.78 is 24.9. The van der Waals surface area contributed by atoms with Crippen molar-refractivity contribution in [2.45, 2.75) is 24.6 Å². The van der Waals surface area contributed by atoms with Gasteiger partial charge in [-0.15, -0.1) is 11.8 Å². The average molecular weight is 354 g/mol. The fraction of sp³-hybridized carbons (Fsp3) is 0.562. The number of sulfonamides is 1. The van der Waals surface area contributed by atoms with Gasteiger partial charge < -0.3 is 4.90 Å². The van der Waals surface area contributed by atoms with Crippen molar-refractivity contribution < 1.29 is 13.2 Å². The molecule has 3 rings (SSSR count). The molecule has 2 fully saturated rings. The van der Waals surface area contributed by atoms with Gasteiger partial charge in [-0.3, -0.25) is 4.79 Å². The van der Waals surface area contributed by atoms with Gasteiger partial charge >= 0.3 is 0 Å². The number of rotatable bonds is 2. The lowest BCUT2D eigenvalue weighted by Gasteiger charge is -2.43. The first-order valence-corrected chi connectivity index (χ1v) is 10.6. The molecule has 2 saturated heterocycles. The fourth-order valence-corrected chi connectivity index (χ4v) is 5.63. The van der Waals surface area contributed by atoms with E-state index in [9.17, 15) is 13.2 Å². The van der Waals surface area contributed by atoms with Crippen molar-refractivity contribution in [3.05, 3.63) is 35.4 Å². The lowest BCUT2D eigenvalue weighted by molar-refractivity contribution is 0.0605. The Hall–Kier alpha value is -1.05. The van der Waals surface area contributed by atoms with Gasteiger partial charge in [-0.05, 0) is 31.9 Å². The third kappa shape index (κ3) is 3.27. The SMILES string of the molecule is Cc1ccc(C(=O)N2CCSC23CCN(S(C)(=O)=O)CC3)cc1. The van der Waals surface area contributed by atoms with Gasteiger partial charge in [0.2, 0.25) is 10.0 Å². The van der Waals surface area contributed by atoms with Crippen molar-refractivity contribution in [3.63, 3.8) is 0 Å². The maximum absolute atomic E-state index is 12.9. The van der Waals surface area contributed by atoms with Crippen molar-refractivity contribution in [2.24, 2.45) is 0 Å². The Kier molecular flexibility index (Phi) is 4.46. The third-order valence-corrected chi connectivity index (χ3v) is 7.55. The average Bonchev–Trinajstić information content (AvgIpc) is 2.90. The van der Waals surface area contributed by atoms with Crippen molar-refractivity contribution in [1.82, 2.24) is 9.21 Å². The Morgan fingerprint density at radius 2 is 1.74 bits per heavy atom. The summed E-state index contributed by atoms with van der Waals surface area (Å²) in [5.74, 6) is 0.971.